The first-order chi connectivity index (χ1) is 13.1. The van der Waals surface area contributed by atoms with Crippen LogP contribution in [0.2, 0.25) is 0 Å². The second-order valence-electron chi connectivity index (χ2n) is 6.21. The Balaban J connectivity index is 1.55. The number of hydrogen-bond acceptors (Lipinski definition) is 3. The van der Waals surface area contributed by atoms with Crippen LogP contribution in [0.1, 0.15) is 22.8 Å². The Bertz CT molecular complexity index is 914. The van der Waals surface area contributed by atoms with Gasteiger partial charge in [0.15, 0.2) is 0 Å². The SMILES string of the molecule is CC(=Cc1ccc(C(=O)O)cc1)CNc1ccc(Oc2ccccc2)cc1. The van der Waals surface area contributed by atoms with E-state index in [4.69, 9.17) is 9.84 Å². The summed E-state index contributed by atoms with van der Waals surface area (Å²) in [7, 11) is 0. The lowest BCUT2D eigenvalue weighted by Crippen LogP contribution is -2.02. The molecule has 0 unspecified atom stereocenters. The summed E-state index contributed by atoms with van der Waals surface area (Å²) in [6, 6.07) is 24.3. The molecule has 0 spiro atoms. The number of nitrogens with one attached hydrogen (secondary N) is 1. The first-order valence-electron chi connectivity index (χ1n) is 8.67. The third-order valence-electron chi connectivity index (χ3n) is 3.98. The first kappa shape index (κ1) is 18.3. The number of para-hydroxylation sites is 1. The lowest BCUT2D eigenvalue weighted by atomic mass is 10.1. The van der Waals surface area contributed by atoms with Gasteiger partial charge in [0.05, 0.1) is 5.56 Å². The highest BCUT2D eigenvalue weighted by Gasteiger charge is 2.01. The summed E-state index contributed by atoms with van der Waals surface area (Å²) in [6.45, 7) is 2.73. The highest BCUT2D eigenvalue weighted by atomic mass is 16.5. The third kappa shape index (κ3) is 5.47. The van der Waals surface area contributed by atoms with Crippen LogP contribution < -0.4 is 10.1 Å². The average molecular weight is 359 g/mol. The number of aromatic carboxylic acids is 1. The van der Waals surface area contributed by atoms with Gasteiger partial charge in [-0.1, -0.05) is 42.0 Å². The molecule has 0 saturated carbocycles. The summed E-state index contributed by atoms with van der Waals surface area (Å²) in [4.78, 5) is 10.9. The van der Waals surface area contributed by atoms with Gasteiger partial charge in [-0.05, 0) is 61.0 Å². The molecule has 4 nitrogen and oxygen atoms in total. The van der Waals surface area contributed by atoms with Crippen molar-refractivity contribution < 1.29 is 14.6 Å². The molecule has 3 rings (SSSR count). The van der Waals surface area contributed by atoms with Crippen LogP contribution in [0.3, 0.4) is 0 Å². The Kier molecular flexibility index (Phi) is 5.90. The fraction of sp³-hybridized carbons (Fsp3) is 0.0870. The molecule has 0 radical (unpaired) electrons. The minimum atomic E-state index is -0.913. The van der Waals surface area contributed by atoms with Crippen LogP contribution in [0.5, 0.6) is 11.5 Å². The maximum absolute atomic E-state index is 10.9. The average Bonchev–Trinajstić information content (AvgIpc) is 2.69. The molecule has 0 aromatic heterocycles. The van der Waals surface area contributed by atoms with Crippen LogP contribution in [0.25, 0.3) is 6.08 Å². The molecular formula is C23H21NO3. The molecule has 0 aliphatic carbocycles. The minimum Gasteiger partial charge on any atom is -0.478 e. The monoisotopic (exact) mass is 359 g/mol. The molecule has 3 aromatic rings. The molecule has 0 amide bonds. The van der Waals surface area contributed by atoms with Crippen LogP contribution in [0.4, 0.5) is 5.69 Å². The van der Waals surface area contributed by atoms with Crippen LogP contribution >= 0.6 is 0 Å². The van der Waals surface area contributed by atoms with Crippen molar-refractivity contribution in [2.75, 3.05) is 11.9 Å². The molecule has 3 aromatic carbocycles. The van der Waals surface area contributed by atoms with Crippen molar-refractivity contribution in [3.8, 4) is 11.5 Å². The Morgan fingerprint density at radius 1 is 0.926 bits per heavy atom. The van der Waals surface area contributed by atoms with Gasteiger partial charge in [0, 0.05) is 12.2 Å². The molecular weight excluding hydrogens is 338 g/mol. The zero-order valence-corrected chi connectivity index (χ0v) is 15.1. The quantitative estimate of drug-likeness (QED) is 0.569. The van der Waals surface area contributed by atoms with Gasteiger partial charge in [-0.2, -0.15) is 0 Å². The molecule has 0 fully saturated rings. The van der Waals surface area contributed by atoms with Crippen molar-refractivity contribution in [2.24, 2.45) is 0 Å². The van der Waals surface area contributed by atoms with E-state index in [1.807, 2.05) is 79.7 Å². The highest BCUT2D eigenvalue weighted by molar-refractivity contribution is 5.87. The van der Waals surface area contributed by atoms with Gasteiger partial charge in [0.2, 0.25) is 0 Å². The molecule has 2 N–H and O–H groups in total. The number of anilines is 1. The highest BCUT2D eigenvalue weighted by Crippen LogP contribution is 2.22. The summed E-state index contributed by atoms with van der Waals surface area (Å²) >= 11 is 0. The van der Waals surface area contributed by atoms with Gasteiger partial charge < -0.3 is 15.2 Å². The van der Waals surface area contributed by atoms with Gasteiger partial charge >= 0.3 is 5.97 Å². The van der Waals surface area contributed by atoms with Gasteiger partial charge in [-0.25, -0.2) is 4.79 Å². The van der Waals surface area contributed by atoms with Crippen LogP contribution in [-0.2, 0) is 0 Å². The number of carbonyl (C=O) groups is 1. The number of benzene rings is 3. The largest absolute Gasteiger partial charge is 0.478 e. The first-order valence-corrected chi connectivity index (χ1v) is 8.67. The Morgan fingerprint density at radius 2 is 1.56 bits per heavy atom. The van der Waals surface area contributed by atoms with E-state index in [1.54, 1.807) is 12.1 Å². The summed E-state index contributed by atoms with van der Waals surface area (Å²) in [6.07, 6.45) is 2.03. The normalized spacial score (nSPS) is 11.1. The smallest absolute Gasteiger partial charge is 0.335 e. The van der Waals surface area contributed by atoms with E-state index in [9.17, 15) is 4.79 Å². The van der Waals surface area contributed by atoms with Crippen molar-refractivity contribution in [3.05, 3.63) is 95.6 Å². The van der Waals surface area contributed by atoms with Crippen molar-refractivity contribution in [1.82, 2.24) is 0 Å². The second kappa shape index (κ2) is 8.72. The Morgan fingerprint density at radius 3 is 2.19 bits per heavy atom. The van der Waals surface area contributed by atoms with Crippen molar-refractivity contribution in [1.29, 1.82) is 0 Å². The maximum Gasteiger partial charge on any atom is 0.335 e. The van der Waals surface area contributed by atoms with E-state index in [0.717, 1.165) is 28.3 Å². The van der Waals surface area contributed by atoms with E-state index in [1.165, 1.54) is 0 Å². The van der Waals surface area contributed by atoms with E-state index in [-0.39, 0.29) is 0 Å². The molecule has 0 saturated heterocycles. The summed E-state index contributed by atoms with van der Waals surface area (Å²) in [5.41, 5.74) is 3.42. The number of carboxylic acid groups (broad SMARTS) is 1. The standard InChI is InChI=1S/C23H21NO3/c1-17(15-18-7-9-19(10-8-18)23(25)26)16-24-20-11-13-22(14-12-20)27-21-5-3-2-4-6-21/h2-15,24H,16H2,1H3,(H,25,26). The molecule has 136 valence electrons. The fourth-order valence-electron chi connectivity index (χ4n) is 2.56. The van der Waals surface area contributed by atoms with Crippen LogP contribution in [-0.4, -0.2) is 17.6 Å². The van der Waals surface area contributed by atoms with Gasteiger partial charge in [0.25, 0.3) is 0 Å². The molecule has 4 heteroatoms. The fourth-order valence-corrected chi connectivity index (χ4v) is 2.56. The summed E-state index contributed by atoms with van der Waals surface area (Å²) in [5, 5.41) is 12.3. The maximum atomic E-state index is 10.9. The predicted molar refractivity (Wildman–Crippen MR) is 109 cm³/mol. The number of rotatable bonds is 7. The molecule has 0 aliphatic heterocycles. The van der Waals surface area contributed by atoms with Crippen LogP contribution in [0, 0.1) is 0 Å². The van der Waals surface area contributed by atoms with Gasteiger partial charge in [0.1, 0.15) is 11.5 Å². The zero-order valence-electron chi connectivity index (χ0n) is 15.1. The van der Waals surface area contributed by atoms with Gasteiger partial charge in [-0.3, -0.25) is 0 Å². The van der Waals surface area contributed by atoms with Crippen LogP contribution in [0.15, 0.2) is 84.4 Å². The zero-order chi connectivity index (χ0) is 19.1. The lowest BCUT2D eigenvalue weighted by molar-refractivity contribution is 0.0697. The molecule has 27 heavy (non-hydrogen) atoms. The van der Waals surface area contributed by atoms with E-state index >= 15 is 0 Å². The van der Waals surface area contributed by atoms with Crippen molar-refractivity contribution >= 4 is 17.7 Å². The summed E-state index contributed by atoms with van der Waals surface area (Å²) in [5.74, 6) is 0.687. The second-order valence-corrected chi connectivity index (χ2v) is 6.21. The Hall–Kier alpha value is -3.53. The Labute approximate surface area is 158 Å². The number of carboxylic acids is 1. The minimum absolute atomic E-state index is 0.292. The number of hydrogen-bond donors (Lipinski definition) is 2. The molecule has 0 aliphatic rings. The number of ether oxygens (including phenoxy) is 1. The van der Waals surface area contributed by atoms with Crippen molar-refractivity contribution in [3.63, 3.8) is 0 Å². The van der Waals surface area contributed by atoms with E-state index in [0.29, 0.717) is 12.1 Å². The molecule has 0 atom stereocenters. The summed E-state index contributed by atoms with van der Waals surface area (Å²) < 4.78 is 5.78. The predicted octanol–water partition coefficient (Wildman–Crippen LogP) is 5.69. The van der Waals surface area contributed by atoms with Gasteiger partial charge in [-0.15, -0.1) is 0 Å². The molecule has 0 heterocycles. The molecule has 0 bridgehead atoms. The topological polar surface area (TPSA) is 58.6 Å². The van der Waals surface area contributed by atoms with E-state index < -0.39 is 5.97 Å². The third-order valence-corrected chi connectivity index (χ3v) is 3.98. The lowest BCUT2D eigenvalue weighted by Gasteiger charge is -2.09. The van der Waals surface area contributed by atoms with E-state index in [2.05, 4.69) is 5.32 Å². The van der Waals surface area contributed by atoms with Crippen molar-refractivity contribution in [2.45, 2.75) is 6.92 Å².